The normalized spacial score (nSPS) is 10.5. The summed E-state index contributed by atoms with van der Waals surface area (Å²) in [6.07, 6.45) is 0. The summed E-state index contributed by atoms with van der Waals surface area (Å²) in [6, 6.07) is 15.8. The number of hydrogen-bond acceptors (Lipinski definition) is 1. The first kappa shape index (κ1) is 12.6. The maximum atomic E-state index is 5.88. The molecule has 0 bridgehead atoms. The molecule has 0 atom stereocenters. The first-order valence-corrected chi connectivity index (χ1v) is 6.48. The molecule has 0 aliphatic heterocycles. The average molecular weight is 312 g/mol. The van der Waals surface area contributed by atoms with Crippen molar-refractivity contribution >= 4 is 27.5 Å². The summed E-state index contributed by atoms with van der Waals surface area (Å²) in [5.41, 5.74) is 2.28. The molecule has 3 heteroatoms. The van der Waals surface area contributed by atoms with E-state index in [2.05, 4.69) is 28.1 Å². The quantitative estimate of drug-likeness (QED) is 0.786. The zero-order valence-electron chi connectivity index (χ0n) is 9.20. The van der Waals surface area contributed by atoms with Gasteiger partial charge < -0.3 is 4.74 Å². The summed E-state index contributed by atoms with van der Waals surface area (Å²) in [7, 11) is 0. The molecule has 0 fully saturated rings. The topological polar surface area (TPSA) is 9.23 Å². The van der Waals surface area contributed by atoms with Gasteiger partial charge in [-0.25, -0.2) is 0 Å². The Morgan fingerprint density at radius 1 is 1.00 bits per heavy atom. The van der Waals surface area contributed by atoms with Crippen LogP contribution in [0.3, 0.4) is 0 Å². The van der Waals surface area contributed by atoms with E-state index in [9.17, 15) is 0 Å². The van der Waals surface area contributed by atoms with E-state index in [0.717, 1.165) is 15.1 Å². The molecule has 0 radical (unpaired) electrons. The molecule has 0 saturated heterocycles. The van der Waals surface area contributed by atoms with Gasteiger partial charge in [-0.1, -0.05) is 63.9 Å². The van der Waals surface area contributed by atoms with E-state index in [0.29, 0.717) is 13.2 Å². The van der Waals surface area contributed by atoms with Crippen LogP contribution in [-0.4, -0.2) is 0 Å². The van der Waals surface area contributed by atoms with E-state index in [1.165, 1.54) is 5.56 Å². The number of rotatable bonds is 4. The van der Waals surface area contributed by atoms with Crippen LogP contribution in [0.2, 0.25) is 5.02 Å². The molecule has 0 amide bonds. The summed E-state index contributed by atoms with van der Waals surface area (Å²) in [5, 5.41) is 0.726. The highest BCUT2D eigenvalue weighted by Crippen LogP contribution is 2.22. The maximum absolute atomic E-state index is 5.88. The van der Waals surface area contributed by atoms with Gasteiger partial charge in [0.15, 0.2) is 0 Å². The highest BCUT2D eigenvalue weighted by atomic mass is 79.9. The zero-order valence-corrected chi connectivity index (χ0v) is 11.5. The standard InChI is InChI=1S/C14H12BrClO/c15-14-8-13(16)7-6-12(14)10-17-9-11-4-2-1-3-5-11/h1-8H,9-10H2. The molecular formula is C14H12BrClO. The minimum Gasteiger partial charge on any atom is -0.372 e. The monoisotopic (exact) mass is 310 g/mol. The smallest absolute Gasteiger partial charge is 0.0732 e. The second-order valence-electron chi connectivity index (χ2n) is 3.71. The predicted molar refractivity (Wildman–Crippen MR) is 74.1 cm³/mol. The van der Waals surface area contributed by atoms with Crippen LogP contribution in [0.5, 0.6) is 0 Å². The van der Waals surface area contributed by atoms with E-state index in [4.69, 9.17) is 16.3 Å². The van der Waals surface area contributed by atoms with Crippen LogP contribution in [-0.2, 0) is 18.0 Å². The fourth-order valence-electron chi connectivity index (χ4n) is 1.49. The number of benzene rings is 2. The lowest BCUT2D eigenvalue weighted by Crippen LogP contribution is -1.94. The van der Waals surface area contributed by atoms with Gasteiger partial charge in [0, 0.05) is 9.50 Å². The van der Waals surface area contributed by atoms with Gasteiger partial charge in [-0.15, -0.1) is 0 Å². The van der Waals surface area contributed by atoms with Crippen molar-refractivity contribution in [3.63, 3.8) is 0 Å². The van der Waals surface area contributed by atoms with Crippen LogP contribution in [0.1, 0.15) is 11.1 Å². The Bertz CT molecular complexity index is 485. The SMILES string of the molecule is Clc1ccc(COCc2ccccc2)c(Br)c1. The predicted octanol–water partition coefficient (Wildman–Crippen LogP) is 4.82. The lowest BCUT2D eigenvalue weighted by Gasteiger charge is -2.06. The lowest BCUT2D eigenvalue weighted by molar-refractivity contribution is 0.107. The summed E-state index contributed by atoms with van der Waals surface area (Å²) in [4.78, 5) is 0. The maximum Gasteiger partial charge on any atom is 0.0732 e. The number of hydrogen-bond donors (Lipinski definition) is 0. The van der Waals surface area contributed by atoms with Crippen LogP contribution < -0.4 is 0 Å². The second kappa shape index (κ2) is 6.20. The Kier molecular flexibility index (Phi) is 4.60. The molecule has 2 aromatic rings. The number of ether oxygens (including phenoxy) is 1. The van der Waals surface area contributed by atoms with Gasteiger partial charge in [-0.2, -0.15) is 0 Å². The van der Waals surface area contributed by atoms with Crippen molar-refractivity contribution in [1.82, 2.24) is 0 Å². The summed E-state index contributed by atoms with van der Waals surface area (Å²) in [6.45, 7) is 1.20. The minimum atomic E-state index is 0.576. The van der Waals surface area contributed by atoms with Gasteiger partial charge in [0.1, 0.15) is 0 Å². The van der Waals surface area contributed by atoms with Gasteiger partial charge in [-0.3, -0.25) is 0 Å². The lowest BCUT2D eigenvalue weighted by atomic mass is 10.2. The van der Waals surface area contributed by atoms with Gasteiger partial charge in [0.25, 0.3) is 0 Å². The first-order chi connectivity index (χ1) is 8.25. The molecule has 0 aliphatic rings. The van der Waals surface area contributed by atoms with E-state index in [1.807, 2.05) is 36.4 Å². The summed E-state index contributed by atoms with van der Waals surface area (Å²) >= 11 is 9.35. The van der Waals surface area contributed by atoms with Gasteiger partial charge >= 0.3 is 0 Å². The fraction of sp³-hybridized carbons (Fsp3) is 0.143. The van der Waals surface area contributed by atoms with Crippen LogP contribution in [0.4, 0.5) is 0 Å². The highest BCUT2D eigenvalue weighted by Gasteiger charge is 2.01. The van der Waals surface area contributed by atoms with E-state index in [1.54, 1.807) is 0 Å². The molecule has 1 nitrogen and oxygen atoms in total. The van der Waals surface area contributed by atoms with Gasteiger partial charge in [0.05, 0.1) is 13.2 Å². The van der Waals surface area contributed by atoms with Gasteiger partial charge in [0.2, 0.25) is 0 Å². The van der Waals surface area contributed by atoms with E-state index >= 15 is 0 Å². The Balaban J connectivity index is 1.90. The van der Waals surface area contributed by atoms with Crippen LogP contribution in [0.15, 0.2) is 53.0 Å². The zero-order chi connectivity index (χ0) is 12.1. The molecule has 0 N–H and O–H groups in total. The van der Waals surface area contributed by atoms with Crippen molar-refractivity contribution in [2.75, 3.05) is 0 Å². The molecule has 0 spiro atoms. The third kappa shape index (κ3) is 3.84. The molecule has 17 heavy (non-hydrogen) atoms. The fourth-order valence-corrected chi connectivity index (χ4v) is 2.29. The summed E-state index contributed by atoms with van der Waals surface area (Å²) in [5.74, 6) is 0. The Hall–Kier alpha value is -0.830. The second-order valence-corrected chi connectivity index (χ2v) is 5.00. The molecule has 0 heterocycles. The van der Waals surface area contributed by atoms with E-state index < -0.39 is 0 Å². The Morgan fingerprint density at radius 3 is 2.47 bits per heavy atom. The van der Waals surface area contributed by atoms with Crippen LogP contribution in [0, 0.1) is 0 Å². The summed E-state index contributed by atoms with van der Waals surface area (Å²) < 4.78 is 6.64. The third-order valence-electron chi connectivity index (χ3n) is 2.38. The Morgan fingerprint density at radius 2 is 1.76 bits per heavy atom. The highest BCUT2D eigenvalue weighted by molar-refractivity contribution is 9.10. The van der Waals surface area contributed by atoms with Crippen molar-refractivity contribution in [1.29, 1.82) is 0 Å². The van der Waals surface area contributed by atoms with Crippen molar-refractivity contribution in [3.05, 3.63) is 69.2 Å². The first-order valence-electron chi connectivity index (χ1n) is 5.31. The van der Waals surface area contributed by atoms with Crippen LogP contribution in [0.25, 0.3) is 0 Å². The van der Waals surface area contributed by atoms with E-state index in [-0.39, 0.29) is 0 Å². The van der Waals surface area contributed by atoms with Crippen molar-refractivity contribution in [2.45, 2.75) is 13.2 Å². The molecule has 2 aromatic carbocycles. The molecule has 0 unspecified atom stereocenters. The molecule has 88 valence electrons. The molecule has 0 saturated carbocycles. The molecule has 0 aliphatic carbocycles. The van der Waals surface area contributed by atoms with Gasteiger partial charge in [-0.05, 0) is 23.3 Å². The van der Waals surface area contributed by atoms with Crippen LogP contribution >= 0.6 is 27.5 Å². The van der Waals surface area contributed by atoms with Crippen molar-refractivity contribution in [2.24, 2.45) is 0 Å². The minimum absolute atomic E-state index is 0.576. The average Bonchev–Trinajstić information content (AvgIpc) is 2.33. The molecule has 2 rings (SSSR count). The van der Waals surface area contributed by atoms with Crippen molar-refractivity contribution in [3.8, 4) is 0 Å². The molecular weight excluding hydrogens is 300 g/mol. The molecule has 0 aromatic heterocycles. The Labute approximate surface area is 115 Å². The van der Waals surface area contributed by atoms with Crippen molar-refractivity contribution < 1.29 is 4.74 Å². The number of halogens is 2. The third-order valence-corrected chi connectivity index (χ3v) is 3.36. The largest absolute Gasteiger partial charge is 0.372 e.